The van der Waals surface area contributed by atoms with Gasteiger partial charge in [-0.15, -0.1) is 0 Å². The molecule has 5 heteroatoms. The summed E-state index contributed by atoms with van der Waals surface area (Å²) in [6.45, 7) is 1.92. The first kappa shape index (κ1) is 15.4. The Morgan fingerprint density at radius 3 is 2.76 bits per heavy atom. The van der Waals surface area contributed by atoms with Crippen LogP contribution >= 0.6 is 15.9 Å². The highest BCUT2D eigenvalue weighted by molar-refractivity contribution is 9.10. The maximum Gasteiger partial charge on any atom is 0.225 e. The maximum absolute atomic E-state index is 12.5. The summed E-state index contributed by atoms with van der Waals surface area (Å²) in [5, 5.41) is 2.69. The second kappa shape index (κ2) is 7.13. The largest absolute Gasteiger partial charge is 0.310 e. The fraction of sp³-hybridized carbons (Fsp3) is 0.188. The predicted octanol–water partition coefficient (Wildman–Crippen LogP) is 3.81. The zero-order valence-electron chi connectivity index (χ0n) is 11.6. The minimum atomic E-state index is -0.170. The summed E-state index contributed by atoms with van der Waals surface area (Å²) in [5.41, 5.74) is 0.934. The van der Waals surface area contributed by atoms with Crippen molar-refractivity contribution in [2.75, 3.05) is 5.32 Å². The molecule has 0 fully saturated rings. The smallest absolute Gasteiger partial charge is 0.225 e. The van der Waals surface area contributed by atoms with Crippen molar-refractivity contribution in [2.24, 2.45) is 0 Å². The Hall–Kier alpha value is -2.01. The van der Waals surface area contributed by atoms with E-state index in [1.807, 2.05) is 13.0 Å². The van der Waals surface area contributed by atoms with E-state index in [1.54, 1.807) is 36.5 Å². The lowest BCUT2D eigenvalue weighted by Gasteiger charge is -2.09. The molecule has 1 aromatic carbocycles. The van der Waals surface area contributed by atoms with E-state index in [9.17, 15) is 9.59 Å². The number of aromatic nitrogens is 1. The molecule has 0 aliphatic rings. The van der Waals surface area contributed by atoms with Gasteiger partial charge in [0.05, 0.1) is 5.56 Å². The van der Waals surface area contributed by atoms with Gasteiger partial charge in [0.2, 0.25) is 5.91 Å². The van der Waals surface area contributed by atoms with Crippen LogP contribution in [0.3, 0.4) is 0 Å². The van der Waals surface area contributed by atoms with Gasteiger partial charge in [0.1, 0.15) is 5.82 Å². The van der Waals surface area contributed by atoms with Gasteiger partial charge in [-0.05, 0) is 30.7 Å². The van der Waals surface area contributed by atoms with Crippen LogP contribution in [0, 0.1) is 0 Å². The Morgan fingerprint density at radius 2 is 2.05 bits per heavy atom. The van der Waals surface area contributed by atoms with E-state index < -0.39 is 0 Å². The number of nitrogens with zero attached hydrogens (tertiary/aromatic N) is 1. The molecule has 108 valence electrons. The molecule has 21 heavy (non-hydrogen) atoms. The van der Waals surface area contributed by atoms with E-state index in [-0.39, 0.29) is 11.7 Å². The number of carbonyl (C=O) groups is 2. The van der Waals surface area contributed by atoms with Gasteiger partial charge in [-0.2, -0.15) is 0 Å². The lowest BCUT2D eigenvalue weighted by molar-refractivity contribution is -0.116. The van der Waals surface area contributed by atoms with E-state index >= 15 is 0 Å². The van der Waals surface area contributed by atoms with E-state index in [1.165, 1.54) is 0 Å². The van der Waals surface area contributed by atoms with Crippen molar-refractivity contribution in [3.8, 4) is 0 Å². The molecule has 0 spiro atoms. The van der Waals surface area contributed by atoms with Crippen LogP contribution in [0.15, 0.2) is 47.1 Å². The summed E-state index contributed by atoms with van der Waals surface area (Å²) in [7, 11) is 0. The van der Waals surface area contributed by atoms with E-state index in [4.69, 9.17) is 0 Å². The van der Waals surface area contributed by atoms with Gasteiger partial charge in [-0.25, -0.2) is 4.98 Å². The highest BCUT2D eigenvalue weighted by atomic mass is 79.9. The number of carbonyl (C=O) groups excluding carboxylic acids is 2. The van der Waals surface area contributed by atoms with Crippen LogP contribution in [-0.2, 0) is 4.79 Å². The molecule has 4 nitrogen and oxygen atoms in total. The van der Waals surface area contributed by atoms with Crippen molar-refractivity contribution >= 4 is 33.4 Å². The molecule has 1 N–H and O–H groups in total. The number of hydrogen-bond donors (Lipinski definition) is 1. The maximum atomic E-state index is 12.5. The van der Waals surface area contributed by atoms with Gasteiger partial charge in [-0.1, -0.05) is 35.0 Å². The first-order valence-electron chi connectivity index (χ1n) is 6.67. The summed E-state index contributed by atoms with van der Waals surface area (Å²) in [6, 6.07) is 10.5. The van der Waals surface area contributed by atoms with Gasteiger partial charge >= 0.3 is 0 Å². The van der Waals surface area contributed by atoms with Gasteiger partial charge in [0.25, 0.3) is 0 Å². The Morgan fingerprint density at radius 1 is 1.24 bits per heavy atom. The third-order valence-corrected chi connectivity index (χ3v) is 3.37. The van der Waals surface area contributed by atoms with Crippen LogP contribution in [0.1, 0.15) is 35.7 Å². The number of halogens is 1. The zero-order chi connectivity index (χ0) is 15.2. The lowest BCUT2D eigenvalue weighted by Crippen LogP contribution is -2.15. The molecule has 0 aliphatic heterocycles. The van der Waals surface area contributed by atoms with Gasteiger partial charge in [0, 0.05) is 22.7 Å². The lowest BCUT2D eigenvalue weighted by atomic mass is 10.0. The summed E-state index contributed by atoms with van der Waals surface area (Å²) in [5.74, 6) is -0.00313. The number of amides is 1. The van der Waals surface area contributed by atoms with Crippen molar-refractivity contribution in [2.45, 2.75) is 19.8 Å². The number of pyridine rings is 1. The molecule has 0 radical (unpaired) electrons. The van der Waals surface area contributed by atoms with Gasteiger partial charge < -0.3 is 5.32 Å². The van der Waals surface area contributed by atoms with Crippen LogP contribution in [-0.4, -0.2) is 16.7 Å². The predicted molar refractivity (Wildman–Crippen MR) is 85.3 cm³/mol. The SMILES string of the molecule is CCCC(=O)Nc1ncccc1C(=O)c1cccc(Br)c1. The Bertz CT molecular complexity index is 671. The average Bonchev–Trinajstić information content (AvgIpc) is 2.47. The molecule has 0 aliphatic carbocycles. The van der Waals surface area contributed by atoms with Crippen LogP contribution in [0.2, 0.25) is 0 Å². The molecule has 1 amide bonds. The molecule has 0 saturated carbocycles. The van der Waals surface area contributed by atoms with Crippen LogP contribution in [0.4, 0.5) is 5.82 Å². The standard InChI is InChI=1S/C16H15BrN2O2/c1-2-5-14(20)19-16-13(8-4-9-18-16)15(21)11-6-3-7-12(17)10-11/h3-4,6-10H,2,5H2,1H3,(H,18,19,20). The van der Waals surface area contributed by atoms with Crippen LogP contribution in [0.25, 0.3) is 0 Å². The minimum Gasteiger partial charge on any atom is -0.310 e. The van der Waals surface area contributed by atoms with Crippen molar-refractivity contribution in [3.63, 3.8) is 0 Å². The van der Waals surface area contributed by atoms with E-state index in [0.29, 0.717) is 23.4 Å². The molecule has 1 heterocycles. The van der Waals surface area contributed by atoms with Crippen molar-refractivity contribution in [3.05, 3.63) is 58.2 Å². The number of anilines is 1. The summed E-state index contributed by atoms with van der Waals surface area (Å²) >= 11 is 3.34. The van der Waals surface area contributed by atoms with E-state index in [2.05, 4.69) is 26.2 Å². The number of benzene rings is 1. The molecule has 0 atom stereocenters. The Labute approximate surface area is 131 Å². The fourth-order valence-electron chi connectivity index (χ4n) is 1.89. The third-order valence-electron chi connectivity index (χ3n) is 2.87. The Kier molecular flexibility index (Phi) is 5.22. The molecule has 1 aromatic heterocycles. The first-order valence-corrected chi connectivity index (χ1v) is 7.46. The fourth-order valence-corrected chi connectivity index (χ4v) is 2.29. The zero-order valence-corrected chi connectivity index (χ0v) is 13.2. The molecule has 2 rings (SSSR count). The van der Waals surface area contributed by atoms with E-state index in [0.717, 1.165) is 10.9 Å². The monoisotopic (exact) mass is 346 g/mol. The normalized spacial score (nSPS) is 10.2. The molecular formula is C16H15BrN2O2. The molecular weight excluding hydrogens is 332 g/mol. The number of nitrogens with one attached hydrogen (secondary N) is 1. The summed E-state index contributed by atoms with van der Waals surface area (Å²) in [6.07, 6.45) is 2.70. The summed E-state index contributed by atoms with van der Waals surface area (Å²) in [4.78, 5) is 28.4. The first-order chi connectivity index (χ1) is 10.1. The second-order valence-electron chi connectivity index (χ2n) is 4.54. The van der Waals surface area contributed by atoms with Crippen LogP contribution in [0.5, 0.6) is 0 Å². The minimum absolute atomic E-state index is 0.139. The molecule has 0 unspecified atom stereocenters. The summed E-state index contributed by atoms with van der Waals surface area (Å²) < 4.78 is 0.828. The topological polar surface area (TPSA) is 59.1 Å². The number of hydrogen-bond acceptors (Lipinski definition) is 3. The molecule has 0 saturated heterocycles. The highest BCUT2D eigenvalue weighted by Gasteiger charge is 2.16. The third kappa shape index (κ3) is 3.98. The van der Waals surface area contributed by atoms with Crippen molar-refractivity contribution < 1.29 is 9.59 Å². The Balaban J connectivity index is 2.31. The highest BCUT2D eigenvalue weighted by Crippen LogP contribution is 2.19. The molecule has 2 aromatic rings. The van der Waals surface area contributed by atoms with Crippen molar-refractivity contribution in [1.29, 1.82) is 0 Å². The molecule has 0 bridgehead atoms. The number of rotatable bonds is 5. The number of ketones is 1. The van der Waals surface area contributed by atoms with Crippen molar-refractivity contribution in [1.82, 2.24) is 4.98 Å². The average molecular weight is 347 g/mol. The quantitative estimate of drug-likeness (QED) is 0.837. The van der Waals surface area contributed by atoms with Crippen LogP contribution < -0.4 is 5.32 Å². The van der Waals surface area contributed by atoms with Gasteiger partial charge in [0.15, 0.2) is 5.78 Å². The second-order valence-corrected chi connectivity index (χ2v) is 5.45. The van der Waals surface area contributed by atoms with Gasteiger partial charge in [-0.3, -0.25) is 9.59 Å².